The second kappa shape index (κ2) is 6.92. The molecule has 5 nitrogen and oxygen atoms in total. The lowest BCUT2D eigenvalue weighted by molar-refractivity contribution is 0.332. The Bertz CT molecular complexity index is 543. The van der Waals surface area contributed by atoms with Crippen molar-refractivity contribution in [3.05, 3.63) is 21.0 Å². The van der Waals surface area contributed by atoms with Crippen molar-refractivity contribution in [2.45, 2.75) is 45.7 Å². The van der Waals surface area contributed by atoms with Crippen molar-refractivity contribution in [3.8, 4) is 0 Å². The maximum Gasteiger partial charge on any atom is 0.283 e. The maximum absolute atomic E-state index is 12.4. The molecular weight excluding hydrogens is 332 g/mol. The number of aromatic nitrogens is 2. The second-order valence-electron chi connectivity index (χ2n) is 6.11. The van der Waals surface area contributed by atoms with Crippen LogP contribution in [-0.4, -0.2) is 36.0 Å². The first-order valence-electron chi connectivity index (χ1n) is 7.65. The third-order valence-corrected chi connectivity index (χ3v) is 5.12. The molecule has 0 spiro atoms. The van der Waals surface area contributed by atoms with Gasteiger partial charge in [0.05, 0.1) is 17.9 Å². The fourth-order valence-electron chi connectivity index (χ4n) is 2.90. The fraction of sp³-hybridized carbons (Fsp3) is 0.733. The van der Waals surface area contributed by atoms with E-state index in [4.69, 9.17) is 0 Å². The summed E-state index contributed by atoms with van der Waals surface area (Å²) in [6, 6.07) is 0.553. The van der Waals surface area contributed by atoms with Gasteiger partial charge in [0.1, 0.15) is 4.47 Å². The number of rotatable bonds is 4. The van der Waals surface area contributed by atoms with Gasteiger partial charge in [0.2, 0.25) is 0 Å². The number of nitrogens with zero attached hydrogens (tertiary/aromatic N) is 3. The first kappa shape index (κ1) is 16.5. The summed E-state index contributed by atoms with van der Waals surface area (Å²) < 4.78 is 2.15. The molecule has 1 N–H and O–H groups in total. The number of nitrogens with one attached hydrogen (secondary N) is 1. The van der Waals surface area contributed by atoms with Crippen molar-refractivity contribution in [1.29, 1.82) is 0 Å². The van der Waals surface area contributed by atoms with E-state index in [0.717, 1.165) is 25.2 Å². The zero-order valence-corrected chi connectivity index (χ0v) is 14.9. The van der Waals surface area contributed by atoms with Gasteiger partial charge in [0.25, 0.3) is 5.56 Å². The topological polar surface area (TPSA) is 50.2 Å². The summed E-state index contributed by atoms with van der Waals surface area (Å²) in [5.74, 6) is 0.600. The van der Waals surface area contributed by atoms with Gasteiger partial charge in [-0.05, 0) is 62.5 Å². The molecule has 2 rings (SSSR count). The molecule has 0 bridgehead atoms. The van der Waals surface area contributed by atoms with Gasteiger partial charge >= 0.3 is 0 Å². The zero-order valence-electron chi connectivity index (χ0n) is 13.3. The zero-order chi connectivity index (χ0) is 15.6. The van der Waals surface area contributed by atoms with Crippen LogP contribution in [0, 0.1) is 5.92 Å². The Kier molecular flexibility index (Phi) is 5.43. The predicted molar refractivity (Wildman–Crippen MR) is 90.0 cm³/mol. The Hall–Kier alpha value is -0.880. The van der Waals surface area contributed by atoms with Crippen LogP contribution in [0.25, 0.3) is 0 Å². The van der Waals surface area contributed by atoms with Gasteiger partial charge in [-0.3, -0.25) is 4.79 Å². The fourth-order valence-corrected chi connectivity index (χ4v) is 3.43. The van der Waals surface area contributed by atoms with E-state index in [0.29, 0.717) is 16.4 Å². The lowest BCUT2D eigenvalue weighted by atomic mass is 9.91. The smallest absolute Gasteiger partial charge is 0.283 e. The molecule has 1 aliphatic heterocycles. The molecule has 21 heavy (non-hydrogen) atoms. The van der Waals surface area contributed by atoms with Gasteiger partial charge in [-0.25, -0.2) is 4.68 Å². The highest BCUT2D eigenvalue weighted by molar-refractivity contribution is 9.10. The molecule has 6 heteroatoms. The minimum atomic E-state index is -0.0497. The quantitative estimate of drug-likeness (QED) is 0.899. The normalized spacial score (nSPS) is 20.9. The third-order valence-electron chi connectivity index (χ3n) is 4.38. The number of hydrogen-bond acceptors (Lipinski definition) is 4. The van der Waals surface area contributed by atoms with Crippen molar-refractivity contribution in [2.75, 3.05) is 25.0 Å². The largest absolute Gasteiger partial charge is 0.369 e. The molecule has 1 fully saturated rings. The first-order chi connectivity index (χ1) is 9.95. The van der Waals surface area contributed by atoms with Crippen LogP contribution in [-0.2, 0) is 0 Å². The molecule has 0 radical (unpaired) electrons. The lowest BCUT2D eigenvalue weighted by Crippen LogP contribution is -2.44. The minimum absolute atomic E-state index is 0.0497. The van der Waals surface area contributed by atoms with Crippen LogP contribution in [0.5, 0.6) is 0 Å². The number of halogens is 1. The van der Waals surface area contributed by atoms with Gasteiger partial charge in [0, 0.05) is 19.1 Å². The first-order valence-corrected chi connectivity index (χ1v) is 8.44. The third kappa shape index (κ3) is 3.48. The van der Waals surface area contributed by atoms with Crippen molar-refractivity contribution in [1.82, 2.24) is 15.1 Å². The highest BCUT2D eigenvalue weighted by atomic mass is 79.9. The molecule has 0 saturated carbocycles. The molecule has 1 aromatic heterocycles. The molecule has 118 valence electrons. The van der Waals surface area contributed by atoms with Gasteiger partial charge in [0.15, 0.2) is 0 Å². The molecule has 2 unspecified atom stereocenters. The van der Waals surface area contributed by atoms with Crippen molar-refractivity contribution in [2.24, 2.45) is 5.92 Å². The summed E-state index contributed by atoms with van der Waals surface area (Å²) in [6.07, 6.45) is 4.20. The van der Waals surface area contributed by atoms with E-state index in [-0.39, 0.29) is 11.6 Å². The van der Waals surface area contributed by atoms with Crippen LogP contribution >= 0.6 is 15.9 Å². The summed E-state index contributed by atoms with van der Waals surface area (Å²) in [5.41, 5.74) is 0.871. The number of hydrogen-bond donors (Lipinski definition) is 1. The van der Waals surface area contributed by atoms with E-state index < -0.39 is 0 Å². The SMILES string of the molecule is CNC(C)C1CCCN(c2cnn(C(C)C)c(=O)c2Br)C1. The van der Waals surface area contributed by atoms with E-state index in [1.54, 1.807) is 0 Å². The van der Waals surface area contributed by atoms with Gasteiger partial charge in [-0.2, -0.15) is 5.10 Å². The second-order valence-corrected chi connectivity index (χ2v) is 6.91. The Morgan fingerprint density at radius 1 is 1.43 bits per heavy atom. The summed E-state index contributed by atoms with van der Waals surface area (Å²) in [7, 11) is 2.00. The highest BCUT2D eigenvalue weighted by Crippen LogP contribution is 2.28. The van der Waals surface area contributed by atoms with E-state index in [1.165, 1.54) is 11.1 Å². The van der Waals surface area contributed by atoms with Crippen LogP contribution in [0.2, 0.25) is 0 Å². The van der Waals surface area contributed by atoms with Gasteiger partial charge in [-0.1, -0.05) is 0 Å². The van der Waals surface area contributed by atoms with Gasteiger partial charge < -0.3 is 10.2 Å². The molecular formula is C15H25BrN4O. The summed E-state index contributed by atoms with van der Waals surface area (Å²) in [4.78, 5) is 14.6. The van der Waals surface area contributed by atoms with E-state index in [1.807, 2.05) is 27.1 Å². The van der Waals surface area contributed by atoms with Crippen molar-refractivity contribution >= 4 is 21.6 Å². The summed E-state index contributed by atoms with van der Waals surface area (Å²) in [6.45, 7) is 8.10. The maximum atomic E-state index is 12.4. The van der Waals surface area contributed by atoms with E-state index in [2.05, 4.69) is 38.2 Å². The van der Waals surface area contributed by atoms with Crippen LogP contribution < -0.4 is 15.8 Å². The van der Waals surface area contributed by atoms with Crippen molar-refractivity contribution in [3.63, 3.8) is 0 Å². The van der Waals surface area contributed by atoms with Crippen LogP contribution in [0.3, 0.4) is 0 Å². The van der Waals surface area contributed by atoms with E-state index in [9.17, 15) is 4.79 Å². The summed E-state index contributed by atoms with van der Waals surface area (Å²) >= 11 is 3.48. The monoisotopic (exact) mass is 356 g/mol. The lowest BCUT2D eigenvalue weighted by Gasteiger charge is -2.37. The Morgan fingerprint density at radius 3 is 2.76 bits per heavy atom. The molecule has 1 aliphatic rings. The summed E-state index contributed by atoms with van der Waals surface area (Å²) in [5, 5.41) is 7.66. The average molecular weight is 357 g/mol. The average Bonchev–Trinajstić information content (AvgIpc) is 2.48. The predicted octanol–water partition coefficient (Wildman–Crippen LogP) is 2.41. The van der Waals surface area contributed by atoms with Crippen LogP contribution in [0.15, 0.2) is 15.5 Å². The minimum Gasteiger partial charge on any atom is -0.369 e. The van der Waals surface area contributed by atoms with Crippen LogP contribution in [0.1, 0.15) is 39.7 Å². The van der Waals surface area contributed by atoms with Gasteiger partial charge in [-0.15, -0.1) is 0 Å². The molecule has 1 saturated heterocycles. The molecule has 0 aromatic carbocycles. The van der Waals surface area contributed by atoms with Crippen LogP contribution in [0.4, 0.5) is 5.69 Å². The molecule has 2 atom stereocenters. The Labute approximate surface area is 134 Å². The molecule has 0 amide bonds. The van der Waals surface area contributed by atoms with E-state index >= 15 is 0 Å². The standard InChI is InChI=1S/C15H25BrN4O/c1-10(2)20-15(21)14(16)13(8-18-20)19-7-5-6-12(9-19)11(3)17-4/h8,10-12,17H,5-7,9H2,1-4H3. The Balaban J connectivity index is 2.26. The Morgan fingerprint density at radius 2 is 2.14 bits per heavy atom. The highest BCUT2D eigenvalue weighted by Gasteiger charge is 2.26. The number of anilines is 1. The molecule has 2 heterocycles. The number of piperidine rings is 1. The molecule has 0 aliphatic carbocycles. The van der Waals surface area contributed by atoms with Crippen molar-refractivity contribution < 1.29 is 0 Å². The molecule has 1 aromatic rings.